The maximum atomic E-state index is 5.53. The molecule has 0 spiro atoms. The Morgan fingerprint density at radius 3 is 3.08 bits per heavy atom. The Morgan fingerprint density at radius 2 is 2.31 bits per heavy atom. The molecule has 0 unspecified atom stereocenters. The zero-order valence-corrected chi connectivity index (χ0v) is 8.97. The maximum Gasteiger partial charge on any atom is 0.226 e. The molecule has 3 heteroatoms. The van der Waals surface area contributed by atoms with Crippen LogP contribution < -0.4 is 0 Å². The Balaban J connectivity index is 2.49. The van der Waals surface area contributed by atoms with Gasteiger partial charge in [0.2, 0.25) is 5.71 Å². The monoisotopic (exact) mass is 239 g/mol. The van der Waals surface area contributed by atoms with Gasteiger partial charge in [0.05, 0.1) is 0 Å². The molecule has 0 radical (unpaired) electrons. The lowest BCUT2D eigenvalue weighted by molar-refractivity contribution is 0.535. The number of hydrogen-bond acceptors (Lipinski definition) is 2. The molecule has 0 atom stereocenters. The zero-order chi connectivity index (χ0) is 9.26. The normalized spacial score (nSPS) is 10.9. The molecule has 2 heterocycles. The second-order valence-corrected chi connectivity index (χ2v) is 3.93. The van der Waals surface area contributed by atoms with E-state index in [1.165, 1.54) is 0 Å². The minimum Gasteiger partial charge on any atom is -0.443 e. The standard InChI is InChI=1S/C10H10BrNO/c1-2-3-9-5-7-4-8(11)6-12-10(7)13-9/h4-6H,2-3H2,1H3. The number of fused-ring (bicyclic) bond motifs is 1. The van der Waals surface area contributed by atoms with Crippen molar-refractivity contribution in [3.05, 3.63) is 28.6 Å². The highest BCUT2D eigenvalue weighted by atomic mass is 79.9. The Labute approximate surface area is 85.1 Å². The van der Waals surface area contributed by atoms with Crippen molar-refractivity contribution in [1.82, 2.24) is 4.98 Å². The lowest BCUT2D eigenvalue weighted by Gasteiger charge is -1.88. The van der Waals surface area contributed by atoms with Crippen molar-refractivity contribution in [2.24, 2.45) is 0 Å². The summed E-state index contributed by atoms with van der Waals surface area (Å²) in [6.07, 6.45) is 3.83. The number of pyridine rings is 1. The lowest BCUT2D eigenvalue weighted by Crippen LogP contribution is -1.74. The van der Waals surface area contributed by atoms with Crippen molar-refractivity contribution < 1.29 is 4.42 Å². The highest BCUT2D eigenvalue weighted by Crippen LogP contribution is 2.21. The molecule has 2 nitrogen and oxygen atoms in total. The van der Waals surface area contributed by atoms with Gasteiger partial charge in [-0.1, -0.05) is 6.92 Å². The van der Waals surface area contributed by atoms with Crippen LogP contribution in [0, 0.1) is 0 Å². The minimum atomic E-state index is 0.728. The average Bonchev–Trinajstić information content (AvgIpc) is 2.46. The Kier molecular flexibility index (Phi) is 2.36. The third-order valence-electron chi connectivity index (χ3n) is 1.89. The van der Waals surface area contributed by atoms with Gasteiger partial charge in [0.15, 0.2) is 0 Å². The van der Waals surface area contributed by atoms with Crippen molar-refractivity contribution in [2.45, 2.75) is 19.8 Å². The average molecular weight is 240 g/mol. The highest BCUT2D eigenvalue weighted by Gasteiger charge is 2.03. The minimum absolute atomic E-state index is 0.728. The first kappa shape index (κ1) is 8.75. The summed E-state index contributed by atoms with van der Waals surface area (Å²) in [4.78, 5) is 4.17. The Morgan fingerprint density at radius 1 is 1.46 bits per heavy atom. The van der Waals surface area contributed by atoms with Crippen molar-refractivity contribution in [3.63, 3.8) is 0 Å². The Hall–Kier alpha value is -0.830. The highest BCUT2D eigenvalue weighted by molar-refractivity contribution is 9.10. The van der Waals surface area contributed by atoms with Crippen LogP contribution >= 0.6 is 15.9 Å². The second kappa shape index (κ2) is 3.50. The van der Waals surface area contributed by atoms with Crippen LogP contribution in [0.2, 0.25) is 0 Å². The number of halogens is 1. The van der Waals surface area contributed by atoms with Crippen LogP contribution in [0.15, 0.2) is 27.2 Å². The van der Waals surface area contributed by atoms with E-state index in [-0.39, 0.29) is 0 Å². The number of hydrogen-bond donors (Lipinski definition) is 0. The molecular formula is C10H10BrNO. The van der Waals surface area contributed by atoms with E-state index >= 15 is 0 Å². The van der Waals surface area contributed by atoms with E-state index in [9.17, 15) is 0 Å². The maximum absolute atomic E-state index is 5.53. The van der Waals surface area contributed by atoms with Crippen molar-refractivity contribution in [3.8, 4) is 0 Å². The van der Waals surface area contributed by atoms with Crippen LogP contribution in [0.5, 0.6) is 0 Å². The molecule has 0 fully saturated rings. The smallest absolute Gasteiger partial charge is 0.226 e. The summed E-state index contributed by atoms with van der Waals surface area (Å²) in [6.45, 7) is 2.14. The van der Waals surface area contributed by atoms with Crippen LogP contribution in [-0.2, 0) is 6.42 Å². The SMILES string of the molecule is CCCc1cc2cc(Br)cnc2o1. The molecule has 0 aromatic carbocycles. The van der Waals surface area contributed by atoms with Gasteiger partial charge in [-0.3, -0.25) is 0 Å². The molecular weight excluding hydrogens is 230 g/mol. The molecule has 2 aromatic rings. The van der Waals surface area contributed by atoms with Gasteiger partial charge >= 0.3 is 0 Å². The number of aryl methyl sites for hydroxylation is 1. The van der Waals surface area contributed by atoms with Gasteiger partial charge in [-0.2, -0.15) is 0 Å². The van der Waals surface area contributed by atoms with E-state index in [0.29, 0.717) is 0 Å². The summed E-state index contributed by atoms with van der Waals surface area (Å²) in [6, 6.07) is 4.07. The Bertz CT molecular complexity index is 422. The topological polar surface area (TPSA) is 26.0 Å². The molecule has 68 valence electrons. The van der Waals surface area contributed by atoms with E-state index in [2.05, 4.69) is 33.9 Å². The first-order valence-corrected chi connectivity index (χ1v) is 5.13. The zero-order valence-electron chi connectivity index (χ0n) is 7.38. The molecule has 0 bridgehead atoms. The summed E-state index contributed by atoms with van der Waals surface area (Å²) in [5.41, 5.74) is 0.728. The molecule has 0 saturated heterocycles. The number of nitrogens with zero attached hydrogens (tertiary/aromatic N) is 1. The molecule has 0 saturated carbocycles. The third-order valence-corrected chi connectivity index (χ3v) is 2.32. The lowest BCUT2D eigenvalue weighted by atomic mass is 10.2. The second-order valence-electron chi connectivity index (χ2n) is 3.01. The van der Waals surface area contributed by atoms with Crippen LogP contribution in [0.4, 0.5) is 0 Å². The van der Waals surface area contributed by atoms with Gasteiger partial charge in [-0.05, 0) is 34.5 Å². The summed E-state index contributed by atoms with van der Waals surface area (Å²) >= 11 is 3.38. The van der Waals surface area contributed by atoms with E-state index in [0.717, 1.165) is 34.2 Å². The molecule has 0 aliphatic rings. The van der Waals surface area contributed by atoms with E-state index in [1.54, 1.807) is 6.20 Å². The third kappa shape index (κ3) is 1.75. The predicted molar refractivity (Wildman–Crippen MR) is 55.7 cm³/mol. The summed E-state index contributed by atoms with van der Waals surface area (Å²) in [7, 11) is 0. The van der Waals surface area contributed by atoms with E-state index in [1.807, 2.05) is 6.07 Å². The van der Waals surface area contributed by atoms with Crippen LogP contribution in [-0.4, -0.2) is 4.98 Å². The molecule has 0 amide bonds. The molecule has 0 N–H and O–H groups in total. The summed E-state index contributed by atoms with van der Waals surface area (Å²) in [5, 5.41) is 1.07. The van der Waals surface area contributed by atoms with Gasteiger partial charge in [-0.25, -0.2) is 4.98 Å². The number of rotatable bonds is 2. The van der Waals surface area contributed by atoms with Gasteiger partial charge in [0, 0.05) is 22.5 Å². The fourth-order valence-electron chi connectivity index (χ4n) is 1.33. The van der Waals surface area contributed by atoms with E-state index in [4.69, 9.17) is 4.42 Å². The molecule has 0 aliphatic heterocycles. The largest absolute Gasteiger partial charge is 0.443 e. The molecule has 2 aromatic heterocycles. The summed E-state index contributed by atoms with van der Waals surface area (Å²) < 4.78 is 6.52. The quantitative estimate of drug-likeness (QED) is 0.802. The van der Waals surface area contributed by atoms with Crippen molar-refractivity contribution >= 4 is 27.0 Å². The molecule has 13 heavy (non-hydrogen) atoms. The fraction of sp³-hybridized carbons (Fsp3) is 0.300. The molecule has 2 rings (SSSR count). The molecule has 0 aliphatic carbocycles. The van der Waals surface area contributed by atoms with Crippen LogP contribution in [0.25, 0.3) is 11.1 Å². The number of furan rings is 1. The van der Waals surface area contributed by atoms with Gasteiger partial charge in [-0.15, -0.1) is 0 Å². The van der Waals surface area contributed by atoms with Gasteiger partial charge < -0.3 is 4.42 Å². The van der Waals surface area contributed by atoms with Crippen LogP contribution in [0.1, 0.15) is 19.1 Å². The van der Waals surface area contributed by atoms with Crippen molar-refractivity contribution in [1.29, 1.82) is 0 Å². The van der Waals surface area contributed by atoms with Crippen molar-refractivity contribution in [2.75, 3.05) is 0 Å². The first-order chi connectivity index (χ1) is 6.29. The van der Waals surface area contributed by atoms with Gasteiger partial charge in [0.25, 0.3) is 0 Å². The van der Waals surface area contributed by atoms with E-state index < -0.39 is 0 Å². The summed E-state index contributed by atoms with van der Waals surface area (Å²) in [5.74, 6) is 1.02. The predicted octanol–water partition coefficient (Wildman–Crippen LogP) is 3.54. The van der Waals surface area contributed by atoms with Crippen LogP contribution in [0.3, 0.4) is 0 Å². The number of aromatic nitrogens is 1. The van der Waals surface area contributed by atoms with Gasteiger partial charge in [0.1, 0.15) is 5.76 Å². The fourth-order valence-corrected chi connectivity index (χ4v) is 1.68. The first-order valence-electron chi connectivity index (χ1n) is 4.33.